The Balaban J connectivity index is 2.33. The van der Waals surface area contributed by atoms with Crippen LogP contribution in [0.15, 0.2) is 0 Å². The van der Waals surface area contributed by atoms with Gasteiger partial charge in [-0.3, -0.25) is 4.79 Å². The van der Waals surface area contributed by atoms with Gasteiger partial charge in [-0.2, -0.15) is 0 Å². The molecule has 2 heteroatoms. The number of ketones is 1. The monoisotopic (exact) mass is 211 g/mol. The van der Waals surface area contributed by atoms with E-state index in [4.69, 9.17) is 5.73 Å². The van der Waals surface area contributed by atoms with Crippen molar-refractivity contribution >= 4 is 5.78 Å². The molecular weight excluding hydrogens is 186 g/mol. The number of carbonyl (C=O) groups is 1. The van der Waals surface area contributed by atoms with E-state index in [-0.39, 0.29) is 0 Å². The summed E-state index contributed by atoms with van der Waals surface area (Å²) in [5, 5.41) is 0. The maximum absolute atomic E-state index is 11.9. The van der Waals surface area contributed by atoms with Crippen molar-refractivity contribution in [2.45, 2.75) is 52.4 Å². The van der Waals surface area contributed by atoms with Gasteiger partial charge in [-0.1, -0.05) is 26.7 Å². The van der Waals surface area contributed by atoms with Crippen molar-refractivity contribution in [3.63, 3.8) is 0 Å². The first kappa shape index (κ1) is 12.7. The summed E-state index contributed by atoms with van der Waals surface area (Å²) in [5.74, 6) is 1.91. The molecule has 1 atom stereocenters. The predicted octanol–water partition coefficient (Wildman–Crippen LogP) is 2.76. The van der Waals surface area contributed by atoms with E-state index in [1.165, 1.54) is 12.8 Å². The van der Waals surface area contributed by atoms with Crippen LogP contribution in [0, 0.1) is 17.8 Å². The van der Waals surface area contributed by atoms with Gasteiger partial charge < -0.3 is 5.73 Å². The Labute approximate surface area is 93.6 Å². The van der Waals surface area contributed by atoms with Crippen LogP contribution >= 0.6 is 0 Å². The first-order chi connectivity index (χ1) is 7.13. The van der Waals surface area contributed by atoms with Gasteiger partial charge in [0.05, 0.1) is 0 Å². The summed E-state index contributed by atoms with van der Waals surface area (Å²) in [7, 11) is 0. The zero-order chi connectivity index (χ0) is 11.3. The third-order valence-corrected chi connectivity index (χ3v) is 3.44. The molecule has 0 aliphatic heterocycles. The van der Waals surface area contributed by atoms with Gasteiger partial charge in [-0.25, -0.2) is 0 Å². The predicted molar refractivity (Wildman–Crippen MR) is 63.6 cm³/mol. The van der Waals surface area contributed by atoms with Gasteiger partial charge in [0, 0.05) is 12.3 Å². The fourth-order valence-corrected chi connectivity index (χ4v) is 2.63. The second-order valence-corrected chi connectivity index (χ2v) is 5.38. The normalized spacial score (nSPS) is 19.7. The van der Waals surface area contributed by atoms with Crippen molar-refractivity contribution in [3.8, 4) is 0 Å². The number of rotatable bonds is 6. The number of hydrogen-bond acceptors (Lipinski definition) is 2. The quantitative estimate of drug-likeness (QED) is 0.734. The Kier molecular flexibility index (Phi) is 5.30. The molecule has 0 spiro atoms. The summed E-state index contributed by atoms with van der Waals surface area (Å²) < 4.78 is 0. The topological polar surface area (TPSA) is 43.1 Å². The summed E-state index contributed by atoms with van der Waals surface area (Å²) in [4.78, 5) is 11.9. The van der Waals surface area contributed by atoms with Gasteiger partial charge in [-0.05, 0) is 37.6 Å². The van der Waals surface area contributed by atoms with Crippen molar-refractivity contribution in [2.24, 2.45) is 23.5 Å². The maximum atomic E-state index is 11.9. The first-order valence-electron chi connectivity index (χ1n) is 6.36. The van der Waals surface area contributed by atoms with E-state index >= 15 is 0 Å². The zero-order valence-electron chi connectivity index (χ0n) is 10.2. The summed E-state index contributed by atoms with van der Waals surface area (Å²) in [6, 6.07) is 0. The highest BCUT2D eigenvalue weighted by Gasteiger charge is 2.24. The van der Waals surface area contributed by atoms with Gasteiger partial charge in [-0.15, -0.1) is 0 Å². The summed E-state index contributed by atoms with van der Waals surface area (Å²) in [6.07, 6.45) is 6.55. The Morgan fingerprint density at radius 3 is 2.40 bits per heavy atom. The van der Waals surface area contributed by atoms with E-state index in [9.17, 15) is 4.79 Å². The fraction of sp³-hybridized carbons (Fsp3) is 0.923. The lowest BCUT2D eigenvalue weighted by atomic mass is 9.88. The second kappa shape index (κ2) is 6.26. The minimum absolute atomic E-state index is 0.367. The molecule has 0 heterocycles. The molecule has 1 aliphatic rings. The van der Waals surface area contributed by atoms with Crippen molar-refractivity contribution < 1.29 is 4.79 Å². The fourth-order valence-electron chi connectivity index (χ4n) is 2.63. The average molecular weight is 211 g/mol. The number of nitrogens with two attached hydrogens (primary N) is 1. The molecule has 2 N–H and O–H groups in total. The van der Waals surface area contributed by atoms with Gasteiger partial charge in [0.1, 0.15) is 5.78 Å². The second-order valence-electron chi connectivity index (χ2n) is 5.38. The molecule has 1 saturated carbocycles. The van der Waals surface area contributed by atoms with Gasteiger partial charge in [0.15, 0.2) is 0 Å². The minimum Gasteiger partial charge on any atom is -0.330 e. The molecule has 0 aromatic heterocycles. The van der Waals surface area contributed by atoms with Crippen LogP contribution in [0.25, 0.3) is 0 Å². The molecule has 2 nitrogen and oxygen atoms in total. The highest BCUT2D eigenvalue weighted by Crippen LogP contribution is 2.28. The van der Waals surface area contributed by atoms with E-state index in [1.807, 2.05) is 0 Å². The summed E-state index contributed by atoms with van der Waals surface area (Å²) in [6.45, 7) is 5.06. The molecule has 0 saturated heterocycles. The molecule has 0 amide bonds. The van der Waals surface area contributed by atoms with Crippen LogP contribution in [0.2, 0.25) is 0 Å². The molecular formula is C13H25NO. The Hall–Kier alpha value is -0.370. The molecule has 1 aliphatic carbocycles. The van der Waals surface area contributed by atoms with E-state index in [0.717, 1.165) is 25.7 Å². The SMILES string of the molecule is CC(C)CC(CN)CC(=O)C1CCCC1. The van der Waals surface area contributed by atoms with Gasteiger partial charge in [0.25, 0.3) is 0 Å². The van der Waals surface area contributed by atoms with E-state index in [2.05, 4.69) is 13.8 Å². The van der Waals surface area contributed by atoms with E-state index in [1.54, 1.807) is 0 Å². The third-order valence-electron chi connectivity index (χ3n) is 3.44. The highest BCUT2D eigenvalue weighted by molar-refractivity contribution is 5.81. The number of Topliss-reactive ketones (excluding diaryl/α,β-unsaturated/α-hetero) is 1. The molecule has 1 fully saturated rings. The van der Waals surface area contributed by atoms with Crippen LogP contribution in [0.3, 0.4) is 0 Å². The molecule has 0 aromatic carbocycles. The van der Waals surface area contributed by atoms with Gasteiger partial charge >= 0.3 is 0 Å². The molecule has 88 valence electrons. The summed E-state index contributed by atoms with van der Waals surface area (Å²) >= 11 is 0. The molecule has 0 bridgehead atoms. The molecule has 1 unspecified atom stereocenters. The average Bonchev–Trinajstić information content (AvgIpc) is 2.68. The summed E-state index contributed by atoms with van der Waals surface area (Å²) in [5.41, 5.74) is 5.72. The minimum atomic E-state index is 0.367. The molecule has 0 aromatic rings. The zero-order valence-corrected chi connectivity index (χ0v) is 10.2. The molecule has 0 radical (unpaired) electrons. The Morgan fingerprint density at radius 2 is 1.93 bits per heavy atom. The smallest absolute Gasteiger partial charge is 0.136 e. The van der Waals surface area contributed by atoms with Crippen molar-refractivity contribution in [2.75, 3.05) is 6.54 Å². The Morgan fingerprint density at radius 1 is 1.33 bits per heavy atom. The number of hydrogen-bond donors (Lipinski definition) is 1. The lowest BCUT2D eigenvalue weighted by Gasteiger charge is -2.18. The van der Waals surface area contributed by atoms with Crippen LogP contribution in [0.4, 0.5) is 0 Å². The lowest BCUT2D eigenvalue weighted by Crippen LogP contribution is -2.23. The first-order valence-corrected chi connectivity index (χ1v) is 6.36. The van der Waals surface area contributed by atoms with Crippen LogP contribution < -0.4 is 5.73 Å². The largest absolute Gasteiger partial charge is 0.330 e. The van der Waals surface area contributed by atoms with Crippen molar-refractivity contribution in [1.29, 1.82) is 0 Å². The maximum Gasteiger partial charge on any atom is 0.136 e. The third kappa shape index (κ3) is 4.33. The Bertz CT molecular complexity index is 195. The van der Waals surface area contributed by atoms with Crippen LogP contribution in [0.5, 0.6) is 0 Å². The van der Waals surface area contributed by atoms with Crippen molar-refractivity contribution in [1.82, 2.24) is 0 Å². The van der Waals surface area contributed by atoms with Gasteiger partial charge in [0.2, 0.25) is 0 Å². The highest BCUT2D eigenvalue weighted by atomic mass is 16.1. The molecule has 1 rings (SSSR count). The van der Waals surface area contributed by atoms with Crippen LogP contribution in [0.1, 0.15) is 52.4 Å². The lowest BCUT2D eigenvalue weighted by molar-refractivity contribution is -0.123. The standard InChI is InChI=1S/C13H25NO/c1-10(2)7-11(9-14)8-13(15)12-5-3-4-6-12/h10-12H,3-9,14H2,1-2H3. The van der Waals surface area contributed by atoms with E-state index < -0.39 is 0 Å². The van der Waals surface area contributed by atoms with E-state index in [0.29, 0.717) is 30.1 Å². The molecule has 15 heavy (non-hydrogen) atoms. The van der Waals surface area contributed by atoms with Crippen LogP contribution in [-0.4, -0.2) is 12.3 Å². The van der Waals surface area contributed by atoms with Crippen molar-refractivity contribution in [3.05, 3.63) is 0 Å². The number of carbonyl (C=O) groups excluding carboxylic acids is 1. The van der Waals surface area contributed by atoms with Crippen LogP contribution in [-0.2, 0) is 4.79 Å².